The van der Waals surface area contributed by atoms with Gasteiger partial charge in [0.25, 0.3) is 0 Å². The fourth-order valence-corrected chi connectivity index (χ4v) is 1.000. The molecule has 0 amide bonds. The van der Waals surface area contributed by atoms with Gasteiger partial charge in [0.15, 0.2) is 11.5 Å². The molecule has 0 spiro atoms. The molecule has 0 atom stereocenters. The van der Waals surface area contributed by atoms with E-state index in [1.807, 2.05) is 0 Å². The summed E-state index contributed by atoms with van der Waals surface area (Å²) >= 11 is 0. The van der Waals surface area contributed by atoms with Gasteiger partial charge in [-0.3, -0.25) is 0 Å². The van der Waals surface area contributed by atoms with Crippen molar-refractivity contribution in [2.24, 2.45) is 5.16 Å². The molecular formula is C9H11NO3. The minimum atomic E-state index is 0.611. The van der Waals surface area contributed by atoms with Crippen LogP contribution >= 0.6 is 0 Å². The monoisotopic (exact) mass is 181 g/mol. The topological polar surface area (TPSA) is 51.0 Å². The molecule has 0 saturated heterocycles. The lowest BCUT2D eigenvalue weighted by Crippen LogP contribution is -1.91. The first-order valence-corrected chi connectivity index (χ1v) is 3.71. The molecule has 1 aromatic rings. The van der Waals surface area contributed by atoms with E-state index in [0.717, 1.165) is 5.56 Å². The average molecular weight is 181 g/mol. The molecule has 4 nitrogen and oxygen atoms in total. The summed E-state index contributed by atoms with van der Waals surface area (Å²) in [6.45, 7) is 0. The van der Waals surface area contributed by atoms with Crippen LogP contribution in [0.4, 0.5) is 0 Å². The summed E-state index contributed by atoms with van der Waals surface area (Å²) in [4.78, 5) is 0. The Kier molecular flexibility index (Phi) is 3.14. The van der Waals surface area contributed by atoms with Crippen molar-refractivity contribution in [3.63, 3.8) is 0 Å². The number of hydrogen-bond donors (Lipinski definition) is 1. The van der Waals surface area contributed by atoms with E-state index in [0.29, 0.717) is 11.5 Å². The van der Waals surface area contributed by atoms with E-state index >= 15 is 0 Å². The van der Waals surface area contributed by atoms with E-state index in [9.17, 15) is 0 Å². The van der Waals surface area contributed by atoms with Crippen LogP contribution in [0.1, 0.15) is 5.56 Å². The molecule has 1 aromatic carbocycles. The summed E-state index contributed by atoms with van der Waals surface area (Å²) in [5.74, 6) is 1.26. The molecular weight excluding hydrogens is 170 g/mol. The third-order valence-corrected chi connectivity index (χ3v) is 1.61. The highest BCUT2D eigenvalue weighted by Crippen LogP contribution is 2.26. The van der Waals surface area contributed by atoms with Crippen LogP contribution in [0.5, 0.6) is 11.5 Å². The number of nitrogens with zero attached hydrogens (tertiary/aromatic N) is 1. The van der Waals surface area contributed by atoms with Crippen LogP contribution < -0.4 is 9.47 Å². The first-order valence-electron chi connectivity index (χ1n) is 3.71. The number of rotatable bonds is 3. The summed E-state index contributed by atoms with van der Waals surface area (Å²) in [6.07, 6.45) is 1.32. The van der Waals surface area contributed by atoms with E-state index in [1.165, 1.54) is 6.21 Å². The second-order valence-corrected chi connectivity index (χ2v) is 2.36. The highest BCUT2D eigenvalue weighted by molar-refractivity contribution is 5.80. The Morgan fingerprint density at radius 1 is 1.23 bits per heavy atom. The lowest BCUT2D eigenvalue weighted by molar-refractivity contribution is 0.321. The molecule has 0 aromatic heterocycles. The lowest BCUT2D eigenvalue weighted by Gasteiger charge is -2.06. The van der Waals surface area contributed by atoms with E-state index in [2.05, 4.69) is 5.16 Å². The second-order valence-electron chi connectivity index (χ2n) is 2.36. The summed E-state index contributed by atoms with van der Waals surface area (Å²) in [7, 11) is 3.12. The third kappa shape index (κ3) is 2.11. The number of ether oxygens (including phenoxy) is 2. The number of hydrogen-bond acceptors (Lipinski definition) is 4. The molecule has 0 saturated carbocycles. The van der Waals surface area contributed by atoms with Gasteiger partial charge in [0.05, 0.1) is 20.4 Å². The van der Waals surface area contributed by atoms with Gasteiger partial charge in [0, 0.05) is 5.56 Å². The third-order valence-electron chi connectivity index (χ3n) is 1.61. The molecule has 0 aliphatic heterocycles. The Morgan fingerprint density at radius 2 is 1.92 bits per heavy atom. The van der Waals surface area contributed by atoms with Crippen LogP contribution in [0, 0.1) is 0 Å². The van der Waals surface area contributed by atoms with Gasteiger partial charge in [-0.1, -0.05) is 5.16 Å². The van der Waals surface area contributed by atoms with E-state index < -0.39 is 0 Å². The van der Waals surface area contributed by atoms with Crippen molar-refractivity contribution in [3.05, 3.63) is 23.8 Å². The smallest absolute Gasteiger partial charge is 0.161 e. The van der Waals surface area contributed by atoms with Crippen molar-refractivity contribution in [2.75, 3.05) is 14.2 Å². The molecule has 0 heterocycles. The Labute approximate surface area is 76.4 Å². The van der Waals surface area contributed by atoms with Crippen molar-refractivity contribution in [2.45, 2.75) is 0 Å². The van der Waals surface area contributed by atoms with Crippen LogP contribution in [-0.4, -0.2) is 25.6 Å². The van der Waals surface area contributed by atoms with Gasteiger partial charge >= 0.3 is 0 Å². The standard InChI is InChI=1S/C9H11NO3/c1-12-8-4-3-7(6-10-11)5-9(8)13-2/h3-6,11H,1-2H3/b10-6+. The minimum absolute atomic E-state index is 0.611. The molecule has 0 unspecified atom stereocenters. The summed E-state index contributed by atoms with van der Waals surface area (Å²) in [5.41, 5.74) is 0.750. The Morgan fingerprint density at radius 3 is 2.46 bits per heavy atom. The fraction of sp³-hybridized carbons (Fsp3) is 0.222. The molecule has 4 heteroatoms. The van der Waals surface area contributed by atoms with E-state index in [4.69, 9.17) is 14.7 Å². The van der Waals surface area contributed by atoms with Crippen molar-refractivity contribution in [1.82, 2.24) is 0 Å². The maximum Gasteiger partial charge on any atom is 0.161 e. The number of methoxy groups -OCH3 is 2. The second kappa shape index (κ2) is 4.35. The normalized spacial score (nSPS) is 10.3. The fourth-order valence-electron chi connectivity index (χ4n) is 1.000. The van der Waals surface area contributed by atoms with Gasteiger partial charge in [0.1, 0.15) is 0 Å². The molecule has 0 radical (unpaired) electrons. The zero-order valence-electron chi connectivity index (χ0n) is 7.52. The lowest BCUT2D eigenvalue weighted by atomic mass is 10.2. The molecule has 0 aliphatic rings. The Hall–Kier alpha value is -1.71. The molecule has 0 fully saturated rings. The number of benzene rings is 1. The summed E-state index contributed by atoms with van der Waals surface area (Å²) in [6, 6.07) is 5.23. The zero-order chi connectivity index (χ0) is 9.68. The molecule has 1 N–H and O–H groups in total. The first kappa shape index (κ1) is 9.38. The van der Waals surface area contributed by atoms with Crippen molar-refractivity contribution in [3.8, 4) is 11.5 Å². The largest absolute Gasteiger partial charge is 0.493 e. The Bertz CT molecular complexity index is 310. The predicted octanol–water partition coefficient (Wildman–Crippen LogP) is 1.51. The first-order chi connectivity index (χ1) is 6.31. The molecule has 0 bridgehead atoms. The molecule has 70 valence electrons. The van der Waals surface area contributed by atoms with E-state index in [-0.39, 0.29) is 0 Å². The molecule has 13 heavy (non-hydrogen) atoms. The van der Waals surface area contributed by atoms with Crippen LogP contribution in [0.25, 0.3) is 0 Å². The van der Waals surface area contributed by atoms with Gasteiger partial charge in [0.2, 0.25) is 0 Å². The van der Waals surface area contributed by atoms with Crippen LogP contribution in [-0.2, 0) is 0 Å². The van der Waals surface area contributed by atoms with Gasteiger partial charge in [-0.15, -0.1) is 0 Å². The highest BCUT2D eigenvalue weighted by Gasteiger charge is 2.02. The Balaban J connectivity index is 3.05. The van der Waals surface area contributed by atoms with Crippen LogP contribution in [0.2, 0.25) is 0 Å². The highest BCUT2D eigenvalue weighted by atomic mass is 16.5. The van der Waals surface area contributed by atoms with Crippen molar-refractivity contribution in [1.29, 1.82) is 0 Å². The van der Waals surface area contributed by atoms with Crippen molar-refractivity contribution < 1.29 is 14.7 Å². The van der Waals surface area contributed by atoms with Gasteiger partial charge in [-0.2, -0.15) is 0 Å². The maximum atomic E-state index is 8.31. The van der Waals surface area contributed by atoms with Gasteiger partial charge < -0.3 is 14.7 Å². The van der Waals surface area contributed by atoms with Crippen molar-refractivity contribution >= 4 is 6.21 Å². The molecule has 0 aliphatic carbocycles. The summed E-state index contributed by atoms with van der Waals surface area (Å²) in [5, 5.41) is 11.2. The molecule has 1 rings (SSSR count). The number of oxime groups is 1. The quantitative estimate of drug-likeness (QED) is 0.437. The SMILES string of the molecule is COc1ccc(/C=N/O)cc1OC. The average Bonchev–Trinajstić information content (AvgIpc) is 2.18. The van der Waals surface area contributed by atoms with E-state index in [1.54, 1.807) is 32.4 Å². The minimum Gasteiger partial charge on any atom is -0.493 e. The maximum absolute atomic E-state index is 8.31. The zero-order valence-corrected chi connectivity index (χ0v) is 7.52. The van der Waals surface area contributed by atoms with Gasteiger partial charge in [-0.25, -0.2) is 0 Å². The summed E-state index contributed by atoms with van der Waals surface area (Å²) < 4.78 is 10.1. The van der Waals surface area contributed by atoms with Crippen LogP contribution in [0.3, 0.4) is 0 Å². The predicted molar refractivity (Wildman–Crippen MR) is 48.9 cm³/mol. The van der Waals surface area contributed by atoms with Crippen LogP contribution in [0.15, 0.2) is 23.4 Å². The van der Waals surface area contributed by atoms with Gasteiger partial charge in [-0.05, 0) is 18.2 Å².